The molecule has 1 aliphatic rings. The zero-order valence-corrected chi connectivity index (χ0v) is 7.42. The van der Waals surface area contributed by atoms with Gasteiger partial charge in [-0.3, -0.25) is 0 Å². The molecular weight excluding hydrogens is 134 g/mol. The smallest absolute Gasteiger partial charge is 0.00461 e. The molecule has 2 unspecified atom stereocenters. The van der Waals surface area contributed by atoms with Gasteiger partial charge in [-0.25, -0.2) is 0 Å². The van der Waals surface area contributed by atoms with Crippen LogP contribution in [0.1, 0.15) is 32.6 Å². The van der Waals surface area contributed by atoms with Crippen LogP contribution in [0.5, 0.6) is 0 Å². The van der Waals surface area contributed by atoms with E-state index in [-0.39, 0.29) is 0 Å². The highest BCUT2D eigenvalue weighted by Gasteiger charge is 2.34. The molecular formula is C10H19N. The van der Waals surface area contributed by atoms with Crippen molar-refractivity contribution >= 4 is 0 Å². The first kappa shape index (κ1) is 8.79. The molecule has 11 heavy (non-hydrogen) atoms. The lowest BCUT2D eigenvalue weighted by molar-refractivity contribution is 0.657. The first-order valence-corrected chi connectivity index (χ1v) is 4.73. The minimum atomic E-state index is 0.866. The lowest BCUT2D eigenvalue weighted by atomic mass is 10.2. The molecule has 1 fully saturated rings. The van der Waals surface area contributed by atoms with Crippen molar-refractivity contribution in [2.45, 2.75) is 32.6 Å². The Morgan fingerprint density at radius 3 is 2.73 bits per heavy atom. The zero-order valence-electron chi connectivity index (χ0n) is 7.42. The van der Waals surface area contributed by atoms with Crippen LogP contribution >= 0.6 is 0 Å². The molecule has 0 aliphatic heterocycles. The van der Waals surface area contributed by atoms with Crippen molar-refractivity contribution in [1.29, 1.82) is 0 Å². The Hall–Kier alpha value is -0.300. The monoisotopic (exact) mass is 153 g/mol. The van der Waals surface area contributed by atoms with Gasteiger partial charge in [-0.1, -0.05) is 19.1 Å². The van der Waals surface area contributed by atoms with Crippen LogP contribution in [0.2, 0.25) is 0 Å². The summed E-state index contributed by atoms with van der Waals surface area (Å²) >= 11 is 0. The standard InChI is InChI=1S/C10H19N/c1-2-3-4-5-6-9-7-10(9)8-11/h3-4,9-10H,2,5-8,11H2,1H3/b4-3-. The molecule has 0 bridgehead atoms. The lowest BCUT2D eigenvalue weighted by Crippen LogP contribution is -2.02. The van der Waals surface area contributed by atoms with Crippen LogP contribution in [0.4, 0.5) is 0 Å². The Labute approximate surface area is 69.7 Å². The highest BCUT2D eigenvalue weighted by atomic mass is 14.6. The maximum Gasteiger partial charge on any atom is -0.00461 e. The molecule has 1 rings (SSSR count). The van der Waals surface area contributed by atoms with Crippen LogP contribution in [-0.4, -0.2) is 6.54 Å². The van der Waals surface area contributed by atoms with Gasteiger partial charge in [-0.05, 0) is 44.1 Å². The molecule has 0 spiro atoms. The van der Waals surface area contributed by atoms with Gasteiger partial charge in [0.25, 0.3) is 0 Å². The largest absolute Gasteiger partial charge is 0.330 e. The van der Waals surface area contributed by atoms with E-state index < -0.39 is 0 Å². The number of hydrogen-bond acceptors (Lipinski definition) is 1. The minimum Gasteiger partial charge on any atom is -0.330 e. The van der Waals surface area contributed by atoms with E-state index in [1.54, 1.807) is 0 Å². The predicted molar refractivity (Wildman–Crippen MR) is 49.3 cm³/mol. The van der Waals surface area contributed by atoms with Gasteiger partial charge in [-0.2, -0.15) is 0 Å². The van der Waals surface area contributed by atoms with Gasteiger partial charge in [0.1, 0.15) is 0 Å². The fourth-order valence-corrected chi connectivity index (χ4v) is 1.55. The molecule has 1 aliphatic carbocycles. The topological polar surface area (TPSA) is 26.0 Å². The molecule has 0 saturated heterocycles. The molecule has 1 nitrogen and oxygen atoms in total. The van der Waals surface area contributed by atoms with E-state index in [0.29, 0.717) is 0 Å². The van der Waals surface area contributed by atoms with Gasteiger partial charge in [0, 0.05) is 0 Å². The molecule has 0 aromatic rings. The number of hydrogen-bond donors (Lipinski definition) is 1. The summed E-state index contributed by atoms with van der Waals surface area (Å²) in [6.45, 7) is 3.08. The van der Waals surface area contributed by atoms with E-state index in [0.717, 1.165) is 18.4 Å². The summed E-state index contributed by atoms with van der Waals surface area (Å²) in [4.78, 5) is 0. The van der Waals surface area contributed by atoms with Crippen molar-refractivity contribution in [1.82, 2.24) is 0 Å². The van der Waals surface area contributed by atoms with Crippen LogP contribution in [0.3, 0.4) is 0 Å². The molecule has 0 amide bonds. The van der Waals surface area contributed by atoms with Gasteiger partial charge in [0.15, 0.2) is 0 Å². The van der Waals surface area contributed by atoms with Crippen LogP contribution in [0, 0.1) is 11.8 Å². The van der Waals surface area contributed by atoms with Crippen molar-refractivity contribution in [3.63, 3.8) is 0 Å². The van der Waals surface area contributed by atoms with E-state index >= 15 is 0 Å². The van der Waals surface area contributed by atoms with Crippen molar-refractivity contribution in [3.8, 4) is 0 Å². The Morgan fingerprint density at radius 1 is 1.36 bits per heavy atom. The van der Waals surface area contributed by atoms with E-state index in [9.17, 15) is 0 Å². The Kier molecular flexibility index (Phi) is 3.64. The fraction of sp³-hybridized carbons (Fsp3) is 0.800. The SMILES string of the molecule is CC/C=C\CCC1CC1CN. The molecule has 0 heterocycles. The van der Waals surface area contributed by atoms with Crippen LogP contribution < -0.4 is 5.73 Å². The van der Waals surface area contributed by atoms with Crippen molar-refractivity contribution in [2.24, 2.45) is 17.6 Å². The summed E-state index contributed by atoms with van der Waals surface area (Å²) in [6, 6.07) is 0. The highest BCUT2D eigenvalue weighted by Crippen LogP contribution is 2.40. The van der Waals surface area contributed by atoms with Gasteiger partial charge >= 0.3 is 0 Å². The van der Waals surface area contributed by atoms with E-state index in [1.807, 2.05) is 0 Å². The van der Waals surface area contributed by atoms with Gasteiger partial charge in [-0.15, -0.1) is 0 Å². The third kappa shape index (κ3) is 3.06. The first-order valence-electron chi connectivity index (χ1n) is 4.73. The molecule has 1 heteroatoms. The molecule has 1 saturated carbocycles. The van der Waals surface area contributed by atoms with Gasteiger partial charge in [0.2, 0.25) is 0 Å². The summed E-state index contributed by atoms with van der Waals surface area (Å²) in [6.07, 6.45) is 9.72. The summed E-state index contributed by atoms with van der Waals surface area (Å²) < 4.78 is 0. The molecule has 64 valence electrons. The van der Waals surface area contributed by atoms with E-state index in [2.05, 4.69) is 19.1 Å². The second-order valence-corrected chi connectivity index (χ2v) is 3.45. The molecule has 0 aromatic heterocycles. The maximum atomic E-state index is 5.54. The first-order chi connectivity index (χ1) is 5.38. The number of nitrogens with two attached hydrogens (primary N) is 1. The molecule has 2 atom stereocenters. The Bertz CT molecular complexity index is 129. The van der Waals surface area contributed by atoms with Crippen molar-refractivity contribution in [3.05, 3.63) is 12.2 Å². The highest BCUT2D eigenvalue weighted by molar-refractivity contribution is 4.89. The summed E-state index contributed by atoms with van der Waals surface area (Å²) in [5.74, 6) is 1.83. The van der Waals surface area contributed by atoms with E-state index in [4.69, 9.17) is 5.73 Å². The quantitative estimate of drug-likeness (QED) is 0.603. The zero-order chi connectivity index (χ0) is 8.10. The van der Waals surface area contributed by atoms with E-state index in [1.165, 1.54) is 25.7 Å². The second kappa shape index (κ2) is 4.55. The Balaban J connectivity index is 1.93. The van der Waals surface area contributed by atoms with Crippen LogP contribution in [-0.2, 0) is 0 Å². The third-order valence-electron chi connectivity index (χ3n) is 2.48. The maximum absolute atomic E-state index is 5.54. The lowest BCUT2D eigenvalue weighted by Gasteiger charge is -1.92. The van der Waals surface area contributed by atoms with Gasteiger partial charge < -0.3 is 5.73 Å². The Morgan fingerprint density at radius 2 is 2.18 bits per heavy atom. The predicted octanol–water partition coefficient (Wildman–Crippen LogP) is 2.33. The van der Waals surface area contributed by atoms with Crippen molar-refractivity contribution < 1.29 is 0 Å². The summed E-state index contributed by atoms with van der Waals surface area (Å²) in [5.41, 5.74) is 5.54. The van der Waals surface area contributed by atoms with Crippen molar-refractivity contribution in [2.75, 3.05) is 6.54 Å². The number of rotatable bonds is 5. The number of allylic oxidation sites excluding steroid dienone is 2. The van der Waals surface area contributed by atoms with Crippen LogP contribution in [0.25, 0.3) is 0 Å². The fourth-order valence-electron chi connectivity index (χ4n) is 1.55. The average molecular weight is 153 g/mol. The second-order valence-electron chi connectivity index (χ2n) is 3.45. The average Bonchev–Trinajstić information content (AvgIpc) is 2.77. The molecule has 2 N–H and O–H groups in total. The summed E-state index contributed by atoms with van der Waals surface area (Å²) in [7, 11) is 0. The molecule has 0 aromatic carbocycles. The summed E-state index contributed by atoms with van der Waals surface area (Å²) in [5, 5.41) is 0. The van der Waals surface area contributed by atoms with Gasteiger partial charge in [0.05, 0.1) is 0 Å². The molecule has 0 radical (unpaired) electrons. The normalized spacial score (nSPS) is 29.6. The minimum absolute atomic E-state index is 0.866. The van der Waals surface area contributed by atoms with Crippen LogP contribution in [0.15, 0.2) is 12.2 Å². The third-order valence-corrected chi connectivity index (χ3v) is 2.48.